The number of hydrogen-bond acceptors (Lipinski definition) is 22. The monoisotopic (exact) mass is 1080 g/mol. The van der Waals surface area contributed by atoms with Crippen LogP contribution in [0.5, 0.6) is 0 Å². The van der Waals surface area contributed by atoms with E-state index in [1.165, 1.54) is 5.57 Å². The summed E-state index contributed by atoms with van der Waals surface area (Å²) in [5, 5.41) is 150. The zero-order valence-corrected chi connectivity index (χ0v) is 44.4. The third-order valence-electron chi connectivity index (χ3n) is 21.2. The van der Waals surface area contributed by atoms with Crippen molar-refractivity contribution in [3.05, 3.63) is 11.6 Å². The highest BCUT2D eigenvalue weighted by molar-refractivity contribution is 5.35. The molecule has 14 N–H and O–H groups in total. The van der Waals surface area contributed by atoms with E-state index in [4.69, 9.17) is 37.9 Å². The van der Waals surface area contributed by atoms with Crippen LogP contribution in [-0.2, 0) is 37.9 Å². The SMILES string of the molecule is CC1(C)CC[C@]2(CO)C(O[C@@H]3O[C@H](CO)[C@@H](O)[C@H](O)[C@H]3O)C[C@]3(C)C(=CC[C@@H]4[C@@]5(C)CC[C@H](O[C@@H]6O[C@H](CO[C@@H]7O[C@H](CO[C@@H]8OC[C@@H](O)[C@H](O)[C@H]8O)[C@@H](O)[C@H](O)[C@H]7O)[C@@H](O)[C@H](O)[C@H]6O)C(C)(C)[C@@H]5CC[C@]43C)[C@@H]2C1. The van der Waals surface area contributed by atoms with Crippen molar-refractivity contribution in [2.75, 3.05) is 33.0 Å². The fraction of sp³-hybridized carbons (Fsp3) is 0.962. The van der Waals surface area contributed by atoms with E-state index in [1.807, 2.05) is 0 Å². The summed E-state index contributed by atoms with van der Waals surface area (Å²) in [5.41, 5.74) is -0.875. The van der Waals surface area contributed by atoms with Crippen molar-refractivity contribution in [3.8, 4) is 0 Å². The highest BCUT2D eigenvalue weighted by Crippen LogP contribution is 2.76. The lowest BCUT2D eigenvalue weighted by atomic mass is 9.33. The first-order chi connectivity index (χ1) is 35.1. The van der Waals surface area contributed by atoms with Gasteiger partial charge < -0.3 is 109 Å². The first-order valence-electron chi connectivity index (χ1n) is 27.3. The second-order valence-electron chi connectivity index (χ2n) is 26.1. The second-order valence-corrected chi connectivity index (χ2v) is 26.1. The summed E-state index contributed by atoms with van der Waals surface area (Å²) in [6.45, 7) is 13.8. The zero-order chi connectivity index (χ0) is 54.7. The van der Waals surface area contributed by atoms with Crippen molar-refractivity contribution in [1.82, 2.24) is 0 Å². The van der Waals surface area contributed by atoms with Gasteiger partial charge in [-0.2, -0.15) is 0 Å². The molecule has 0 bridgehead atoms. The standard InChI is InChI=1S/C53H88O22/c1-48(2)14-15-53(22-55)24(16-48)23-8-9-30-50(5)12-11-31(49(3,4)29(50)10-13-51(30,6)52(23,7)17-32(53)75-46-42(66)37(61)34(58)26(18-54)71-46)74-47-43(67)39(63)36(60)28(73-47)21-70-45-41(65)38(62)35(59)27(72-45)20-69-44-40(64)33(57)25(56)19-68-44/h8,24-47,54-67H,9-22H2,1-7H3/t24-,25+,26+,27+,28+,29-,30+,31-,32?,33-,34+,35+,36+,37-,38-,39-,40+,41+,42+,43+,44-,45+,46-,47-,50-,51+,52+,53+/m0/s1. The number of aliphatic hydroxyl groups is 14. The Morgan fingerprint density at radius 2 is 1.07 bits per heavy atom. The van der Waals surface area contributed by atoms with Crippen LogP contribution in [0.1, 0.15) is 106 Å². The van der Waals surface area contributed by atoms with Gasteiger partial charge in [0, 0.05) is 5.41 Å². The average molecular weight is 1080 g/mol. The maximum atomic E-state index is 11.6. The van der Waals surface area contributed by atoms with Gasteiger partial charge in [0.25, 0.3) is 0 Å². The fourth-order valence-electron chi connectivity index (χ4n) is 16.3. The molecule has 5 aliphatic carbocycles. The molecule has 9 aliphatic rings. The molecule has 22 nitrogen and oxygen atoms in total. The Bertz CT molecular complexity index is 2010. The molecule has 4 saturated carbocycles. The predicted octanol–water partition coefficient (Wildman–Crippen LogP) is -1.95. The van der Waals surface area contributed by atoms with Crippen molar-refractivity contribution in [3.63, 3.8) is 0 Å². The summed E-state index contributed by atoms with van der Waals surface area (Å²) in [4.78, 5) is 0. The van der Waals surface area contributed by atoms with Gasteiger partial charge in [-0.3, -0.25) is 0 Å². The Hall–Kier alpha value is -1.14. The number of hydrogen-bond donors (Lipinski definition) is 14. The van der Waals surface area contributed by atoms with Gasteiger partial charge in [-0.15, -0.1) is 0 Å². The average Bonchev–Trinajstić information content (AvgIpc) is 3.36. The fourth-order valence-corrected chi connectivity index (χ4v) is 16.3. The molecule has 432 valence electrons. The van der Waals surface area contributed by atoms with E-state index < -0.39 is 165 Å². The minimum absolute atomic E-state index is 0.0337. The number of ether oxygens (including phenoxy) is 8. The first kappa shape index (κ1) is 58.5. The molecule has 4 saturated heterocycles. The van der Waals surface area contributed by atoms with E-state index >= 15 is 0 Å². The van der Waals surface area contributed by atoms with Crippen LogP contribution in [-0.4, -0.2) is 233 Å². The first-order valence-corrected chi connectivity index (χ1v) is 27.3. The maximum absolute atomic E-state index is 11.6. The molecule has 4 aliphatic heterocycles. The topological polar surface area (TPSA) is 357 Å². The summed E-state index contributed by atoms with van der Waals surface area (Å²) in [7, 11) is 0. The number of rotatable bonds is 12. The van der Waals surface area contributed by atoms with Crippen LogP contribution in [0.2, 0.25) is 0 Å². The van der Waals surface area contributed by atoms with Crippen molar-refractivity contribution in [2.24, 2.45) is 50.2 Å². The Kier molecular flexibility index (Phi) is 16.6. The van der Waals surface area contributed by atoms with Gasteiger partial charge in [0.1, 0.15) is 91.6 Å². The number of aliphatic hydroxyl groups excluding tert-OH is 14. The van der Waals surface area contributed by atoms with Gasteiger partial charge in [0.05, 0.1) is 45.2 Å². The summed E-state index contributed by atoms with van der Waals surface area (Å²) in [6, 6.07) is 0. The summed E-state index contributed by atoms with van der Waals surface area (Å²) in [6.07, 6.45) is -21.4. The Balaban J connectivity index is 0.899. The molecule has 4 heterocycles. The highest BCUT2D eigenvalue weighted by Gasteiger charge is 2.71. The van der Waals surface area contributed by atoms with E-state index in [-0.39, 0.29) is 47.2 Å². The molecular weight excluding hydrogens is 989 g/mol. The van der Waals surface area contributed by atoms with Gasteiger partial charge in [-0.1, -0.05) is 60.1 Å². The molecule has 0 radical (unpaired) electrons. The smallest absolute Gasteiger partial charge is 0.186 e. The number of allylic oxidation sites excluding steroid dienone is 2. The highest BCUT2D eigenvalue weighted by atomic mass is 16.7. The molecule has 0 aromatic carbocycles. The third-order valence-corrected chi connectivity index (χ3v) is 21.2. The molecule has 9 rings (SSSR count). The summed E-state index contributed by atoms with van der Waals surface area (Å²) < 4.78 is 48.0. The molecule has 0 aromatic heterocycles. The molecule has 22 heteroatoms. The molecule has 0 aromatic rings. The largest absolute Gasteiger partial charge is 0.396 e. The van der Waals surface area contributed by atoms with Gasteiger partial charge in [0.15, 0.2) is 25.2 Å². The molecule has 75 heavy (non-hydrogen) atoms. The normalized spacial score (nSPS) is 54.7. The lowest BCUT2D eigenvalue weighted by Gasteiger charge is -2.72. The lowest BCUT2D eigenvalue weighted by Crippen LogP contribution is -2.68. The molecule has 0 spiro atoms. The van der Waals surface area contributed by atoms with E-state index in [9.17, 15) is 71.5 Å². The maximum Gasteiger partial charge on any atom is 0.186 e. The van der Waals surface area contributed by atoms with Gasteiger partial charge in [0.2, 0.25) is 0 Å². The minimum Gasteiger partial charge on any atom is -0.396 e. The van der Waals surface area contributed by atoms with E-state index in [2.05, 4.69) is 54.5 Å². The third kappa shape index (κ3) is 9.73. The van der Waals surface area contributed by atoms with Gasteiger partial charge >= 0.3 is 0 Å². The van der Waals surface area contributed by atoms with Crippen LogP contribution in [0.4, 0.5) is 0 Å². The van der Waals surface area contributed by atoms with Crippen LogP contribution < -0.4 is 0 Å². The lowest BCUT2D eigenvalue weighted by molar-refractivity contribution is -0.349. The number of fused-ring (bicyclic) bond motifs is 7. The Labute approximate surface area is 438 Å². The zero-order valence-electron chi connectivity index (χ0n) is 44.4. The van der Waals surface area contributed by atoms with Crippen LogP contribution in [0.15, 0.2) is 11.6 Å². The predicted molar refractivity (Wildman–Crippen MR) is 258 cm³/mol. The van der Waals surface area contributed by atoms with Crippen LogP contribution in [0.3, 0.4) is 0 Å². The van der Waals surface area contributed by atoms with Crippen LogP contribution >= 0.6 is 0 Å². The van der Waals surface area contributed by atoms with Crippen molar-refractivity contribution in [1.29, 1.82) is 0 Å². The van der Waals surface area contributed by atoms with E-state index in [1.54, 1.807) is 0 Å². The minimum atomic E-state index is -1.80. The molecule has 1 unspecified atom stereocenters. The quantitative estimate of drug-likeness (QED) is 0.0746. The van der Waals surface area contributed by atoms with Crippen LogP contribution in [0, 0.1) is 50.2 Å². The van der Waals surface area contributed by atoms with E-state index in [0.717, 1.165) is 38.5 Å². The second kappa shape index (κ2) is 21.3. The molecule has 28 atom stereocenters. The molecular formula is C53H88O22. The Morgan fingerprint density at radius 3 is 1.67 bits per heavy atom. The molecule has 8 fully saturated rings. The van der Waals surface area contributed by atoms with Gasteiger partial charge in [-0.05, 0) is 103 Å². The van der Waals surface area contributed by atoms with E-state index in [0.29, 0.717) is 19.3 Å². The van der Waals surface area contributed by atoms with Crippen molar-refractivity contribution >= 4 is 0 Å². The van der Waals surface area contributed by atoms with Crippen LogP contribution in [0.25, 0.3) is 0 Å². The summed E-state index contributed by atoms with van der Waals surface area (Å²) >= 11 is 0. The van der Waals surface area contributed by atoms with Gasteiger partial charge in [-0.25, -0.2) is 0 Å². The summed E-state index contributed by atoms with van der Waals surface area (Å²) in [5.74, 6) is 0.228. The van der Waals surface area contributed by atoms with Crippen molar-refractivity contribution in [2.45, 2.75) is 235 Å². The van der Waals surface area contributed by atoms with Crippen molar-refractivity contribution < 1.29 is 109 Å². The molecule has 0 amide bonds. The Morgan fingerprint density at radius 1 is 0.533 bits per heavy atom.